The van der Waals surface area contributed by atoms with Crippen LogP contribution in [0.15, 0.2) is 33.2 Å². The third kappa shape index (κ3) is 3.22. The average molecular weight is 589 g/mol. The quantitative estimate of drug-likeness (QED) is 0.167. The van der Waals surface area contributed by atoms with Crippen molar-refractivity contribution >= 4 is 56.1 Å². The number of amides is 1. The third-order valence-corrected chi connectivity index (χ3v) is 7.36. The number of benzene rings is 1. The SMILES string of the molecule is Br.CN(C)[C@@H]1C(O)=C(C(N)=O)C(=O)C2(O)C(O)=C3C(=O)c4c(cc(Br)c(N)c4O)CC3CC12. The summed E-state index contributed by atoms with van der Waals surface area (Å²) in [5.41, 5.74) is 7.70. The molecule has 0 bridgehead atoms. The second kappa shape index (κ2) is 8.12. The first-order valence-corrected chi connectivity index (χ1v) is 10.6. The second-order valence-corrected chi connectivity index (χ2v) is 9.47. The van der Waals surface area contributed by atoms with Gasteiger partial charge < -0.3 is 31.9 Å². The number of aliphatic hydroxyl groups excluding tert-OH is 2. The summed E-state index contributed by atoms with van der Waals surface area (Å²) in [6, 6.07) is 0.585. The Morgan fingerprint density at radius 2 is 1.85 bits per heavy atom. The van der Waals surface area contributed by atoms with Gasteiger partial charge in [0.15, 0.2) is 17.1 Å². The number of ketones is 2. The average Bonchev–Trinajstić information content (AvgIpc) is 2.68. The number of nitrogens with zero attached hydrogens (tertiary/aromatic N) is 1. The Kier molecular flexibility index (Phi) is 6.20. The lowest BCUT2D eigenvalue weighted by Crippen LogP contribution is -2.63. The van der Waals surface area contributed by atoms with E-state index in [1.54, 1.807) is 20.2 Å². The third-order valence-electron chi connectivity index (χ3n) is 6.70. The summed E-state index contributed by atoms with van der Waals surface area (Å²) < 4.78 is 0.399. The van der Waals surface area contributed by atoms with Crippen molar-refractivity contribution in [1.82, 2.24) is 4.90 Å². The van der Waals surface area contributed by atoms with Gasteiger partial charge in [-0.3, -0.25) is 19.3 Å². The Balaban J connectivity index is 0.00000306. The summed E-state index contributed by atoms with van der Waals surface area (Å²) in [5, 5.41) is 43.7. The van der Waals surface area contributed by atoms with Crippen LogP contribution >= 0.6 is 32.9 Å². The van der Waals surface area contributed by atoms with Gasteiger partial charge in [0, 0.05) is 16.0 Å². The molecule has 4 atom stereocenters. The lowest BCUT2D eigenvalue weighted by molar-refractivity contribution is -0.148. The van der Waals surface area contributed by atoms with E-state index < -0.39 is 63.8 Å². The molecule has 3 aliphatic carbocycles. The van der Waals surface area contributed by atoms with E-state index >= 15 is 0 Å². The number of phenolic OH excluding ortho intramolecular Hbond substituents is 1. The first-order chi connectivity index (χ1) is 14.8. The molecule has 178 valence electrons. The van der Waals surface area contributed by atoms with Gasteiger partial charge in [-0.15, -0.1) is 17.0 Å². The van der Waals surface area contributed by atoms with Gasteiger partial charge in [-0.05, 0) is 60.4 Å². The number of nitrogen functional groups attached to an aromatic ring is 1. The number of rotatable bonds is 2. The molecule has 0 heterocycles. The molecule has 0 spiro atoms. The highest BCUT2D eigenvalue weighted by atomic mass is 79.9. The molecule has 1 amide bonds. The van der Waals surface area contributed by atoms with Crippen LogP contribution in [-0.4, -0.2) is 68.5 Å². The first kappa shape index (κ1) is 25.2. The monoisotopic (exact) mass is 587 g/mol. The Morgan fingerprint density at radius 1 is 1.24 bits per heavy atom. The van der Waals surface area contributed by atoms with E-state index in [2.05, 4.69) is 15.9 Å². The number of hydrogen-bond acceptors (Lipinski definition) is 9. The van der Waals surface area contributed by atoms with Gasteiger partial charge >= 0.3 is 0 Å². The topological polar surface area (TPSA) is 187 Å². The maximum Gasteiger partial charge on any atom is 0.255 e. The lowest BCUT2D eigenvalue weighted by atomic mass is 9.58. The molecule has 8 N–H and O–H groups in total. The summed E-state index contributed by atoms with van der Waals surface area (Å²) in [6.45, 7) is 0. The van der Waals surface area contributed by atoms with Gasteiger partial charge in [0.1, 0.15) is 17.1 Å². The summed E-state index contributed by atoms with van der Waals surface area (Å²) in [5.74, 6) is -6.95. The number of aliphatic hydroxyl groups is 3. The Hall–Kier alpha value is -2.41. The fourth-order valence-corrected chi connectivity index (χ4v) is 5.75. The van der Waals surface area contributed by atoms with Crippen LogP contribution in [0.25, 0.3) is 0 Å². The number of carbonyl (C=O) groups excluding carboxylic acids is 3. The number of primary amides is 1. The number of halogens is 2. The fraction of sp³-hybridized carbons (Fsp3) is 0.381. The van der Waals surface area contributed by atoms with Crippen LogP contribution in [-0.2, 0) is 16.0 Å². The van der Waals surface area contributed by atoms with Gasteiger partial charge in [-0.2, -0.15) is 0 Å². The highest BCUT2D eigenvalue weighted by molar-refractivity contribution is 9.10. The van der Waals surface area contributed by atoms with Crippen molar-refractivity contribution in [3.63, 3.8) is 0 Å². The zero-order valence-corrected chi connectivity index (χ0v) is 20.9. The lowest BCUT2D eigenvalue weighted by Gasteiger charge is -2.50. The van der Waals surface area contributed by atoms with Gasteiger partial charge in [-0.1, -0.05) is 0 Å². The summed E-state index contributed by atoms with van der Waals surface area (Å²) in [4.78, 5) is 39.9. The molecule has 3 unspecified atom stereocenters. The maximum absolute atomic E-state index is 13.3. The summed E-state index contributed by atoms with van der Waals surface area (Å²) >= 11 is 3.24. The van der Waals surface area contributed by atoms with Crippen LogP contribution in [0, 0.1) is 11.8 Å². The molecule has 33 heavy (non-hydrogen) atoms. The minimum absolute atomic E-state index is 0. The van der Waals surface area contributed by atoms with Gasteiger partial charge in [-0.25, -0.2) is 0 Å². The molecule has 10 nitrogen and oxygen atoms in total. The van der Waals surface area contributed by atoms with E-state index in [1.165, 1.54) is 4.90 Å². The Labute approximate surface area is 207 Å². The fourth-order valence-electron chi connectivity index (χ4n) is 5.29. The number of phenols is 1. The number of likely N-dealkylation sites (N-methyl/N-ethyl adjacent to an activating group) is 1. The molecule has 1 aromatic carbocycles. The molecule has 0 saturated carbocycles. The van der Waals surface area contributed by atoms with Crippen LogP contribution in [0.2, 0.25) is 0 Å². The molecule has 0 aromatic heterocycles. The van der Waals surface area contributed by atoms with Crippen molar-refractivity contribution in [1.29, 1.82) is 0 Å². The second-order valence-electron chi connectivity index (χ2n) is 8.62. The van der Waals surface area contributed by atoms with Crippen molar-refractivity contribution in [2.24, 2.45) is 17.6 Å². The Morgan fingerprint density at radius 3 is 2.39 bits per heavy atom. The minimum Gasteiger partial charge on any atom is -0.510 e. The standard InChI is InChI=1S/C21H22BrN3O7.BrH/c1-25(2)14-8-4-6-3-7-5-9(22)13(23)16(27)10(7)15(26)11(6)18(29)21(8,32)19(30)12(17(14)28)20(24)31;/h5-6,8,14,27-29,32H,3-4,23H2,1-2H3,(H2,24,31);1H/t6?,8?,14-,21?;/m0./s1. The maximum atomic E-state index is 13.3. The number of fused-ring (bicyclic) bond motifs is 3. The number of nitrogens with two attached hydrogens (primary N) is 2. The van der Waals surface area contributed by atoms with E-state index in [-0.39, 0.29) is 46.6 Å². The number of anilines is 1. The number of allylic oxidation sites excluding steroid dienone is 1. The summed E-state index contributed by atoms with van der Waals surface area (Å²) in [7, 11) is 3.15. The van der Waals surface area contributed by atoms with E-state index in [4.69, 9.17) is 11.5 Å². The molecule has 0 fully saturated rings. The molecule has 12 heteroatoms. The molecule has 0 radical (unpaired) electrons. The zero-order chi connectivity index (χ0) is 23.9. The number of aromatic hydroxyl groups is 1. The predicted octanol–water partition coefficient (Wildman–Crippen LogP) is 1.04. The highest BCUT2D eigenvalue weighted by Crippen LogP contribution is 2.53. The van der Waals surface area contributed by atoms with Gasteiger partial charge in [0.05, 0.1) is 17.3 Å². The molecule has 0 aliphatic heterocycles. The predicted molar refractivity (Wildman–Crippen MR) is 126 cm³/mol. The molecular weight excluding hydrogens is 566 g/mol. The van der Waals surface area contributed by atoms with Crippen molar-refractivity contribution in [3.8, 4) is 5.75 Å². The van der Waals surface area contributed by atoms with Gasteiger partial charge in [0.25, 0.3) is 5.91 Å². The first-order valence-electron chi connectivity index (χ1n) is 9.78. The molecular formula is C21H23Br2N3O7. The van der Waals surface area contributed by atoms with Crippen LogP contribution in [0.5, 0.6) is 5.75 Å². The smallest absolute Gasteiger partial charge is 0.255 e. The van der Waals surface area contributed by atoms with Crippen molar-refractivity contribution in [3.05, 3.63) is 44.3 Å². The van der Waals surface area contributed by atoms with E-state index in [0.29, 0.717) is 10.0 Å². The van der Waals surface area contributed by atoms with Gasteiger partial charge in [0.2, 0.25) is 5.78 Å². The van der Waals surface area contributed by atoms with E-state index in [1.807, 2.05) is 0 Å². The summed E-state index contributed by atoms with van der Waals surface area (Å²) in [6.07, 6.45) is 0.246. The molecule has 0 saturated heterocycles. The van der Waals surface area contributed by atoms with Crippen LogP contribution in [0.1, 0.15) is 22.3 Å². The molecule has 4 rings (SSSR count). The van der Waals surface area contributed by atoms with Crippen LogP contribution < -0.4 is 11.5 Å². The van der Waals surface area contributed by atoms with Crippen LogP contribution in [0.4, 0.5) is 5.69 Å². The number of hydrogen-bond donors (Lipinski definition) is 6. The zero-order valence-electron chi connectivity index (χ0n) is 17.6. The van der Waals surface area contributed by atoms with Crippen LogP contribution in [0.3, 0.4) is 0 Å². The van der Waals surface area contributed by atoms with E-state index in [0.717, 1.165) is 0 Å². The number of Topliss-reactive ketones (excluding diaryl/α,β-unsaturated/α-hetero) is 2. The minimum atomic E-state index is -2.65. The highest BCUT2D eigenvalue weighted by Gasteiger charge is 2.63. The van der Waals surface area contributed by atoms with Crippen molar-refractivity contribution < 1.29 is 34.8 Å². The molecule has 3 aliphatic rings. The number of carbonyl (C=O) groups is 3. The normalized spacial score (nSPS) is 28.8. The largest absolute Gasteiger partial charge is 0.510 e. The van der Waals surface area contributed by atoms with E-state index in [9.17, 15) is 34.8 Å². The molecule has 1 aromatic rings. The Bertz CT molecular complexity index is 1180. The van der Waals surface area contributed by atoms with Crippen molar-refractivity contribution in [2.75, 3.05) is 19.8 Å². The van der Waals surface area contributed by atoms with Crippen molar-refractivity contribution in [2.45, 2.75) is 24.5 Å².